The van der Waals surface area contributed by atoms with Crippen molar-refractivity contribution < 1.29 is 19.1 Å². The second-order valence-electron chi connectivity index (χ2n) is 15.6. The largest absolute Gasteiger partial charge is 0.469 e. The summed E-state index contributed by atoms with van der Waals surface area (Å²) in [5.74, 6) is 2.15. The van der Waals surface area contributed by atoms with Crippen molar-refractivity contribution in [2.75, 3.05) is 7.11 Å². The first-order valence-corrected chi connectivity index (χ1v) is 16.7. The number of halogens is 1. The molecule has 5 heteroatoms. The maximum absolute atomic E-state index is 13.2. The first-order chi connectivity index (χ1) is 18.8. The van der Waals surface area contributed by atoms with Crippen LogP contribution in [0.15, 0.2) is 28.7 Å². The molecular formula is C35H49BrO4. The second kappa shape index (κ2) is 9.58. The number of esters is 2. The van der Waals surface area contributed by atoms with Crippen molar-refractivity contribution in [1.29, 1.82) is 0 Å². The summed E-state index contributed by atoms with van der Waals surface area (Å²) in [6.45, 7) is 12.6. The first-order valence-electron chi connectivity index (χ1n) is 15.9. The Hall–Kier alpha value is -1.36. The van der Waals surface area contributed by atoms with E-state index in [2.05, 4.69) is 50.5 Å². The maximum Gasteiger partial charge on any atom is 0.338 e. The minimum Gasteiger partial charge on any atom is -0.469 e. The Kier molecular flexibility index (Phi) is 6.88. The van der Waals surface area contributed by atoms with Gasteiger partial charge in [0.2, 0.25) is 0 Å². The molecular weight excluding hydrogens is 564 g/mol. The predicted octanol–water partition coefficient (Wildman–Crippen LogP) is 9.00. The molecule has 0 heterocycles. The van der Waals surface area contributed by atoms with Gasteiger partial charge in [0.15, 0.2) is 0 Å². The Balaban J connectivity index is 1.26. The fourth-order valence-electron chi connectivity index (χ4n) is 12.1. The lowest BCUT2D eigenvalue weighted by Gasteiger charge is -2.72. The van der Waals surface area contributed by atoms with E-state index in [1.54, 1.807) is 7.11 Å². The molecule has 0 bridgehead atoms. The van der Waals surface area contributed by atoms with E-state index < -0.39 is 0 Å². The van der Waals surface area contributed by atoms with E-state index in [-0.39, 0.29) is 45.1 Å². The van der Waals surface area contributed by atoms with E-state index in [0.29, 0.717) is 29.2 Å². The fraction of sp³-hybridized carbons (Fsp3) is 0.771. The number of hydrogen-bond donors (Lipinski definition) is 0. The minimum atomic E-state index is -0.234. The molecule has 0 N–H and O–H groups in total. The van der Waals surface area contributed by atoms with Crippen molar-refractivity contribution in [2.45, 2.75) is 111 Å². The molecule has 0 amide bonds. The van der Waals surface area contributed by atoms with Gasteiger partial charge in [-0.3, -0.25) is 4.79 Å². The van der Waals surface area contributed by atoms with Crippen LogP contribution >= 0.6 is 15.9 Å². The van der Waals surface area contributed by atoms with Crippen LogP contribution in [-0.4, -0.2) is 25.2 Å². The quantitative estimate of drug-likeness (QED) is 0.319. The van der Waals surface area contributed by atoms with Gasteiger partial charge in [-0.05, 0) is 128 Å². The first kappa shape index (κ1) is 28.7. The van der Waals surface area contributed by atoms with Gasteiger partial charge >= 0.3 is 11.9 Å². The topological polar surface area (TPSA) is 52.6 Å². The normalized spacial score (nSPS) is 45.3. The third-order valence-corrected chi connectivity index (χ3v) is 14.7. The van der Waals surface area contributed by atoms with Crippen molar-refractivity contribution >= 4 is 27.9 Å². The molecule has 5 aliphatic rings. The number of carbonyl (C=O) groups excluding carboxylic acids is 2. The van der Waals surface area contributed by atoms with Gasteiger partial charge in [0.25, 0.3) is 0 Å². The molecule has 1 aromatic rings. The van der Waals surface area contributed by atoms with Crippen LogP contribution in [0, 0.1) is 50.7 Å². The summed E-state index contributed by atoms with van der Waals surface area (Å²) >= 11 is 3.47. The average molecular weight is 614 g/mol. The molecule has 0 aliphatic heterocycles. The number of fused-ring (bicyclic) bond motifs is 7. The Bertz CT molecular complexity index is 1180. The lowest BCUT2D eigenvalue weighted by Crippen LogP contribution is -2.66. The number of benzene rings is 1. The van der Waals surface area contributed by atoms with Crippen molar-refractivity contribution in [3.8, 4) is 0 Å². The van der Waals surface area contributed by atoms with Gasteiger partial charge in [-0.25, -0.2) is 4.79 Å². The van der Waals surface area contributed by atoms with E-state index in [0.717, 1.165) is 36.6 Å². The summed E-state index contributed by atoms with van der Waals surface area (Å²) in [5, 5.41) is 0. The van der Waals surface area contributed by atoms with E-state index >= 15 is 0 Å². The highest BCUT2D eigenvalue weighted by Crippen LogP contribution is 2.77. The standard InChI is InChI=1S/C35H49BrO4/c1-31(2)26-15-19-34(5)27(32(26,3)18-16-28(31)40-29(37)22-9-11-23(36)12-10-22)14-13-24-25-8-7-17-35(25,30(38)39-6)21-20-33(24,34)4/h9-12,24-28H,7-8,13-21H2,1-6H3. The lowest BCUT2D eigenvalue weighted by atomic mass is 9.32. The molecule has 5 aliphatic carbocycles. The molecule has 40 heavy (non-hydrogen) atoms. The van der Waals surface area contributed by atoms with Crippen molar-refractivity contribution in [3.05, 3.63) is 34.3 Å². The number of ether oxygens (including phenoxy) is 2. The van der Waals surface area contributed by atoms with Crippen LogP contribution in [0.3, 0.4) is 0 Å². The molecule has 1 aromatic carbocycles. The maximum atomic E-state index is 13.2. The SMILES string of the molecule is COC(=O)C12CCCC1C1CCC3C4(C)CCC(OC(=O)c5ccc(Br)cc5)C(C)(C)C4CCC3(C)C1(C)CC2. The molecule has 9 atom stereocenters. The number of hydrogen-bond acceptors (Lipinski definition) is 4. The molecule has 5 saturated carbocycles. The van der Waals surface area contributed by atoms with E-state index in [4.69, 9.17) is 9.47 Å². The van der Waals surface area contributed by atoms with Gasteiger partial charge in [0.1, 0.15) is 6.10 Å². The molecule has 220 valence electrons. The zero-order valence-electron chi connectivity index (χ0n) is 25.5. The van der Waals surface area contributed by atoms with Crippen LogP contribution in [0.5, 0.6) is 0 Å². The number of carbonyl (C=O) groups is 2. The smallest absolute Gasteiger partial charge is 0.338 e. The summed E-state index contributed by atoms with van der Waals surface area (Å²) in [5.41, 5.74) is 1.07. The summed E-state index contributed by atoms with van der Waals surface area (Å²) in [6.07, 6.45) is 12.4. The third-order valence-electron chi connectivity index (χ3n) is 14.2. The summed E-state index contributed by atoms with van der Waals surface area (Å²) in [6, 6.07) is 7.51. The van der Waals surface area contributed by atoms with Gasteiger partial charge in [0.05, 0.1) is 18.1 Å². The van der Waals surface area contributed by atoms with Crippen molar-refractivity contribution in [1.82, 2.24) is 0 Å². The van der Waals surface area contributed by atoms with Gasteiger partial charge in [-0.2, -0.15) is 0 Å². The highest BCUT2D eigenvalue weighted by Gasteiger charge is 2.71. The Morgan fingerprint density at radius 2 is 1.50 bits per heavy atom. The Labute approximate surface area is 249 Å². The highest BCUT2D eigenvalue weighted by molar-refractivity contribution is 9.10. The summed E-state index contributed by atoms with van der Waals surface area (Å²) in [7, 11) is 1.59. The summed E-state index contributed by atoms with van der Waals surface area (Å²) < 4.78 is 12.7. The molecule has 0 radical (unpaired) electrons. The molecule has 9 unspecified atom stereocenters. The van der Waals surface area contributed by atoms with Gasteiger partial charge in [0, 0.05) is 9.89 Å². The Morgan fingerprint density at radius 3 is 2.20 bits per heavy atom. The van der Waals surface area contributed by atoms with Gasteiger partial charge < -0.3 is 9.47 Å². The van der Waals surface area contributed by atoms with Crippen LogP contribution in [0.2, 0.25) is 0 Å². The zero-order chi connectivity index (χ0) is 28.7. The molecule has 0 aromatic heterocycles. The minimum absolute atomic E-state index is 0.0631. The van der Waals surface area contributed by atoms with Gasteiger partial charge in [-0.1, -0.05) is 57.0 Å². The van der Waals surface area contributed by atoms with Crippen LogP contribution in [0.25, 0.3) is 0 Å². The lowest BCUT2D eigenvalue weighted by molar-refractivity contribution is -0.246. The molecule has 6 rings (SSSR count). The average Bonchev–Trinajstić information content (AvgIpc) is 3.36. The van der Waals surface area contributed by atoms with Gasteiger partial charge in [-0.15, -0.1) is 0 Å². The number of methoxy groups -OCH3 is 1. The fourth-order valence-corrected chi connectivity index (χ4v) is 12.4. The van der Waals surface area contributed by atoms with Crippen LogP contribution < -0.4 is 0 Å². The summed E-state index contributed by atoms with van der Waals surface area (Å²) in [4.78, 5) is 26.3. The van der Waals surface area contributed by atoms with E-state index in [9.17, 15) is 9.59 Å². The van der Waals surface area contributed by atoms with Crippen molar-refractivity contribution in [2.24, 2.45) is 50.7 Å². The monoisotopic (exact) mass is 612 g/mol. The third kappa shape index (κ3) is 3.80. The number of rotatable bonds is 3. The van der Waals surface area contributed by atoms with Crippen LogP contribution in [0.1, 0.15) is 116 Å². The second-order valence-corrected chi connectivity index (χ2v) is 16.5. The van der Waals surface area contributed by atoms with Crippen molar-refractivity contribution in [3.63, 3.8) is 0 Å². The van der Waals surface area contributed by atoms with Crippen LogP contribution in [-0.2, 0) is 14.3 Å². The molecule has 0 saturated heterocycles. The predicted molar refractivity (Wildman–Crippen MR) is 161 cm³/mol. The molecule has 0 spiro atoms. The highest BCUT2D eigenvalue weighted by atomic mass is 79.9. The Morgan fingerprint density at radius 1 is 0.775 bits per heavy atom. The molecule has 4 nitrogen and oxygen atoms in total. The van der Waals surface area contributed by atoms with E-state index in [1.165, 1.54) is 38.5 Å². The zero-order valence-corrected chi connectivity index (χ0v) is 27.1. The van der Waals surface area contributed by atoms with Crippen LogP contribution in [0.4, 0.5) is 0 Å². The van der Waals surface area contributed by atoms with E-state index in [1.807, 2.05) is 24.3 Å². The molecule has 5 fully saturated rings.